The van der Waals surface area contributed by atoms with Crippen LogP contribution in [0.25, 0.3) is 0 Å². The second-order valence-corrected chi connectivity index (χ2v) is 5.40. The van der Waals surface area contributed by atoms with Gasteiger partial charge in [-0.1, -0.05) is 47.1 Å². The number of benzene rings is 2. The summed E-state index contributed by atoms with van der Waals surface area (Å²) in [5, 5.41) is 9.94. The molecule has 0 aliphatic heterocycles. The summed E-state index contributed by atoms with van der Waals surface area (Å²) in [4.78, 5) is 0. The second-order valence-electron chi connectivity index (χ2n) is 4.49. The first kappa shape index (κ1) is 15.0. The summed E-state index contributed by atoms with van der Waals surface area (Å²) in [5.41, 5.74) is 1.21. The van der Waals surface area contributed by atoms with E-state index in [0.717, 1.165) is 5.56 Å². The van der Waals surface area contributed by atoms with Gasteiger partial charge < -0.3 is 9.84 Å². The quantitative estimate of drug-likeness (QED) is 0.862. The predicted molar refractivity (Wildman–Crippen MR) is 80.1 cm³/mol. The summed E-state index contributed by atoms with van der Waals surface area (Å²) >= 11 is 3.22. The average Bonchev–Trinajstić information content (AvgIpc) is 2.46. The highest BCUT2D eigenvalue weighted by Crippen LogP contribution is 2.28. The summed E-state index contributed by atoms with van der Waals surface area (Å²) in [6.45, 7) is 2.03. The predicted octanol–water partition coefficient (Wildman–Crippen LogP) is 4.61. The van der Waals surface area contributed by atoms with Crippen molar-refractivity contribution in [2.45, 2.75) is 26.1 Å². The highest BCUT2D eigenvalue weighted by atomic mass is 79.9. The van der Waals surface area contributed by atoms with Crippen molar-refractivity contribution in [3.05, 3.63) is 63.9 Å². The van der Waals surface area contributed by atoms with Crippen LogP contribution in [0.5, 0.6) is 5.75 Å². The smallest absolute Gasteiger partial charge is 0.130 e. The number of aliphatic hydroxyl groups is 1. The molecule has 2 nitrogen and oxygen atoms in total. The summed E-state index contributed by atoms with van der Waals surface area (Å²) in [5.74, 6) is 0.275. The molecule has 0 radical (unpaired) electrons. The van der Waals surface area contributed by atoms with E-state index in [4.69, 9.17) is 4.74 Å². The molecule has 0 fully saturated rings. The maximum absolute atomic E-state index is 13.7. The SMILES string of the molecule is CC[C@H](O)c1ccccc1OCc1ccc(Br)cc1F. The van der Waals surface area contributed by atoms with Crippen LogP contribution < -0.4 is 4.74 Å². The van der Waals surface area contributed by atoms with Crippen molar-refractivity contribution in [1.29, 1.82) is 0 Å². The number of hydrogen-bond acceptors (Lipinski definition) is 2. The third kappa shape index (κ3) is 3.58. The number of rotatable bonds is 5. The average molecular weight is 339 g/mol. The molecule has 1 N–H and O–H groups in total. The Hall–Kier alpha value is -1.39. The monoisotopic (exact) mass is 338 g/mol. The Bertz CT molecular complexity index is 586. The van der Waals surface area contributed by atoms with Gasteiger partial charge in [-0.25, -0.2) is 4.39 Å². The lowest BCUT2D eigenvalue weighted by Gasteiger charge is -2.15. The van der Waals surface area contributed by atoms with Gasteiger partial charge in [0.05, 0.1) is 6.10 Å². The molecule has 0 aliphatic carbocycles. The van der Waals surface area contributed by atoms with Crippen molar-refractivity contribution in [3.8, 4) is 5.75 Å². The van der Waals surface area contributed by atoms with Gasteiger partial charge in [0.25, 0.3) is 0 Å². The van der Waals surface area contributed by atoms with Gasteiger partial charge in [0, 0.05) is 15.6 Å². The first-order valence-electron chi connectivity index (χ1n) is 6.45. The van der Waals surface area contributed by atoms with Crippen molar-refractivity contribution in [2.24, 2.45) is 0 Å². The van der Waals surface area contributed by atoms with E-state index in [1.165, 1.54) is 6.07 Å². The zero-order chi connectivity index (χ0) is 14.5. The largest absolute Gasteiger partial charge is 0.488 e. The Morgan fingerprint density at radius 1 is 1.25 bits per heavy atom. The molecule has 1 atom stereocenters. The molecule has 0 aromatic heterocycles. The Kier molecular flexibility index (Phi) is 5.15. The molecule has 4 heteroatoms. The molecule has 0 saturated heterocycles. The molecule has 0 unspecified atom stereocenters. The third-order valence-corrected chi connectivity index (χ3v) is 3.56. The maximum Gasteiger partial charge on any atom is 0.130 e. The van der Waals surface area contributed by atoms with Crippen molar-refractivity contribution in [1.82, 2.24) is 0 Å². The molecule has 106 valence electrons. The fourth-order valence-corrected chi connectivity index (χ4v) is 2.23. The van der Waals surface area contributed by atoms with Crippen LogP contribution in [0, 0.1) is 5.82 Å². The number of aliphatic hydroxyl groups excluding tert-OH is 1. The Morgan fingerprint density at radius 2 is 2.00 bits per heavy atom. The van der Waals surface area contributed by atoms with Crippen LogP contribution in [-0.2, 0) is 6.61 Å². The molecular weight excluding hydrogens is 323 g/mol. The van der Waals surface area contributed by atoms with Crippen LogP contribution in [0.1, 0.15) is 30.6 Å². The van der Waals surface area contributed by atoms with E-state index in [0.29, 0.717) is 22.2 Å². The van der Waals surface area contributed by atoms with Gasteiger partial charge in [-0.15, -0.1) is 0 Å². The minimum atomic E-state index is -0.569. The van der Waals surface area contributed by atoms with Crippen LogP contribution in [-0.4, -0.2) is 5.11 Å². The van der Waals surface area contributed by atoms with E-state index in [1.54, 1.807) is 18.2 Å². The number of hydrogen-bond donors (Lipinski definition) is 1. The summed E-state index contributed by atoms with van der Waals surface area (Å²) in [7, 11) is 0. The highest BCUT2D eigenvalue weighted by molar-refractivity contribution is 9.10. The zero-order valence-electron chi connectivity index (χ0n) is 11.1. The maximum atomic E-state index is 13.7. The molecule has 0 spiro atoms. The van der Waals surface area contributed by atoms with E-state index in [9.17, 15) is 9.50 Å². The van der Waals surface area contributed by atoms with Crippen molar-refractivity contribution < 1.29 is 14.2 Å². The normalized spacial score (nSPS) is 12.2. The van der Waals surface area contributed by atoms with Crippen LogP contribution in [0.15, 0.2) is 46.9 Å². The lowest BCUT2D eigenvalue weighted by molar-refractivity contribution is 0.166. The first-order valence-corrected chi connectivity index (χ1v) is 7.24. The molecule has 0 saturated carbocycles. The van der Waals surface area contributed by atoms with Crippen LogP contribution in [0.2, 0.25) is 0 Å². The van der Waals surface area contributed by atoms with Crippen LogP contribution >= 0.6 is 15.9 Å². The highest BCUT2D eigenvalue weighted by Gasteiger charge is 2.12. The molecule has 0 aliphatic rings. The molecule has 20 heavy (non-hydrogen) atoms. The van der Waals surface area contributed by atoms with Gasteiger partial charge in [-0.2, -0.15) is 0 Å². The number of ether oxygens (including phenoxy) is 1. The lowest BCUT2D eigenvalue weighted by atomic mass is 10.1. The summed E-state index contributed by atoms with van der Waals surface area (Å²) in [6.07, 6.45) is 0.0356. The third-order valence-electron chi connectivity index (χ3n) is 3.06. The Labute approximate surface area is 126 Å². The minimum Gasteiger partial charge on any atom is -0.488 e. The lowest BCUT2D eigenvalue weighted by Crippen LogP contribution is -2.03. The van der Waals surface area contributed by atoms with E-state index in [1.807, 2.05) is 25.1 Å². The van der Waals surface area contributed by atoms with Crippen molar-refractivity contribution in [2.75, 3.05) is 0 Å². The molecule has 2 aromatic rings. The fraction of sp³-hybridized carbons (Fsp3) is 0.250. The van der Waals surface area contributed by atoms with Gasteiger partial charge in [0.2, 0.25) is 0 Å². The van der Waals surface area contributed by atoms with Crippen LogP contribution in [0.4, 0.5) is 4.39 Å². The van der Waals surface area contributed by atoms with E-state index in [-0.39, 0.29) is 12.4 Å². The minimum absolute atomic E-state index is 0.132. The Morgan fingerprint density at radius 3 is 2.70 bits per heavy atom. The topological polar surface area (TPSA) is 29.5 Å². The molecule has 0 heterocycles. The van der Waals surface area contributed by atoms with E-state index < -0.39 is 6.10 Å². The standard InChI is InChI=1S/C16H16BrFO2/c1-2-15(19)13-5-3-4-6-16(13)20-10-11-7-8-12(17)9-14(11)18/h3-9,15,19H,2,10H2,1H3/t15-/m0/s1. The van der Waals surface area contributed by atoms with Crippen molar-refractivity contribution >= 4 is 15.9 Å². The molecule has 2 aromatic carbocycles. The van der Waals surface area contributed by atoms with Crippen LogP contribution in [0.3, 0.4) is 0 Å². The first-order chi connectivity index (χ1) is 9.61. The molecular formula is C16H16BrFO2. The number of halogens is 2. The Balaban J connectivity index is 2.15. The summed E-state index contributed by atoms with van der Waals surface area (Å²) in [6, 6.07) is 12.1. The van der Waals surface area contributed by atoms with E-state index >= 15 is 0 Å². The summed E-state index contributed by atoms with van der Waals surface area (Å²) < 4.78 is 20.1. The zero-order valence-corrected chi connectivity index (χ0v) is 12.7. The van der Waals surface area contributed by atoms with Gasteiger partial charge in [0.1, 0.15) is 18.2 Å². The molecule has 0 amide bonds. The van der Waals surface area contributed by atoms with Crippen molar-refractivity contribution in [3.63, 3.8) is 0 Å². The van der Waals surface area contributed by atoms with E-state index in [2.05, 4.69) is 15.9 Å². The molecule has 2 rings (SSSR count). The van der Waals surface area contributed by atoms with Gasteiger partial charge >= 0.3 is 0 Å². The van der Waals surface area contributed by atoms with Gasteiger partial charge in [-0.05, 0) is 24.6 Å². The fourth-order valence-electron chi connectivity index (χ4n) is 1.90. The van der Waals surface area contributed by atoms with Gasteiger partial charge in [-0.3, -0.25) is 0 Å². The number of para-hydroxylation sites is 1. The van der Waals surface area contributed by atoms with Gasteiger partial charge in [0.15, 0.2) is 0 Å². The molecule has 0 bridgehead atoms. The second kappa shape index (κ2) is 6.86.